The third-order valence-corrected chi connectivity index (χ3v) is 6.75. The molecular weight excluding hydrogens is 386 g/mol. The highest BCUT2D eigenvalue weighted by atomic mass is 32.2. The lowest BCUT2D eigenvalue weighted by atomic mass is 10.1. The molecule has 0 N–H and O–H groups in total. The zero-order chi connectivity index (χ0) is 21.0. The van der Waals surface area contributed by atoms with Crippen molar-refractivity contribution in [2.45, 2.75) is 52.1 Å². The summed E-state index contributed by atoms with van der Waals surface area (Å²) in [6.07, 6.45) is 1.78. The van der Waals surface area contributed by atoms with E-state index in [4.69, 9.17) is 4.18 Å². The predicted octanol–water partition coefficient (Wildman–Crippen LogP) is 4.35. The van der Waals surface area contributed by atoms with Crippen LogP contribution < -0.4 is 4.18 Å². The Kier molecular flexibility index (Phi) is 6.63. The van der Waals surface area contributed by atoms with E-state index in [1.807, 2.05) is 35.2 Å². The summed E-state index contributed by atoms with van der Waals surface area (Å²) in [6.45, 7) is 6.20. The van der Waals surface area contributed by atoms with E-state index in [0.717, 1.165) is 18.4 Å². The van der Waals surface area contributed by atoms with E-state index in [9.17, 15) is 13.2 Å². The van der Waals surface area contributed by atoms with Gasteiger partial charge in [-0.1, -0.05) is 49.4 Å². The maximum absolute atomic E-state index is 13.2. The molecule has 1 fully saturated rings. The van der Waals surface area contributed by atoms with Crippen LogP contribution in [0.25, 0.3) is 0 Å². The number of benzene rings is 2. The average molecular weight is 416 g/mol. The Morgan fingerprint density at radius 3 is 2.34 bits per heavy atom. The highest BCUT2D eigenvalue weighted by Crippen LogP contribution is 2.48. The fourth-order valence-electron chi connectivity index (χ4n) is 3.47. The highest BCUT2D eigenvalue weighted by molar-refractivity contribution is 7.87. The number of rotatable bonds is 9. The van der Waals surface area contributed by atoms with Crippen molar-refractivity contribution in [1.82, 2.24) is 4.90 Å². The lowest BCUT2D eigenvalue weighted by molar-refractivity contribution is -0.135. The van der Waals surface area contributed by atoms with Gasteiger partial charge in [0.1, 0.15) is 5.75 Å². The lowest BCUT2D eigenvalue weighted by Gasteiger charge is -2.29. The first-order valence-electron chi connectivity index (χ1n) is 10.2. The summed E-state index contributed by atoms with van der Waals surface area (Å²) >= 11 is 0. The topological polar surface area (TPSA) is 63.7 Å². The van der Waals surface area contributed by atoms with Gasteiger partial charge in [-0.2, -0.15) is 8.42 Å². The van der Waals surface area contributed by atoms with E-state index in [0.29, 0.717) is 18.2 Å². The number of carbonyl (C=O) groups is 1. The Bertz CT molecular complexity index is 925. The third-order valence-electron chi connectivity index (χ3n) is 5.59. The number of carbonyl (C=O) groups excluding carboxylic acids is 1. The van der Waals surface area contributed by atoms with Gasteiger partial charge < -0.3 is 9.08 Å². The molecule has 0 saturated heterocycles. The molecule has 156 valence electrons. The van der Waals surface area contributed by atoms with Crippen LogP contribution in [0.5, 0.6) is 5.75 Å². The smallest absolute Gasteiger partial charge is 0.308 e. The van der Waals surface area contributed by atoms with Gasteiger partial charge in [-0.25, -0.2) is 0 Å². The maximum Gasteiger partial charge on any atom is 0.308 e. The van der Waals surface area contributed by atoms with Gasteiger partial charge in [0.15, 0.2) is 0 Å². The van der Waals surface area contributed by atoms with Crippen LogP contribution in [0.15, 0.2) is 54.6 Å². The summed E-state index contributed by atoms with van der Waals surface area (Å²) in [5.41, 5.74) is 2.19. The Hall–Kier alpha value is -2.34. The SMILES string of the molecule is CC[C@@H](C)N(Cc1ccc(OS(=O)(=O)CC)cc1)C(=O)[C@H]1C[C@H]1c1ccccc1. The number of nitrogens with zero attached hydrogens (tertiary/aromatic N) is 1. The van der Waals surface area contributed by atoms with Gasteiger partial charge in [-0.15, -0.1) is 0 Å². The van der Waals surface area contributed by atoms with Crippen LogP contribution in [0, 0.1) is 5.92 Å². The molecule has 1 aliphatic rings. The zero-order valence-electron chi connectivity index (χ0n) is 17.2. The lowest BCUT2D eigenvalue weighted by Crippen LogP contribution is -2.39. The molecule has 29 heavy (non-hydrogen) atoms. The molecule has 6 heteroatoms. The monoisotopic (exact) mass is 415 g/mol. The molecule has 0 heterocycles. The Balaban J connectivity index is 1.69. The van der Waals surface area contributed by atoms with Crippen LogP contribution in [-0.4, -0.2) is 31.0 Å². The van der Waals surface area contributed by atoms with E-state index in [1.165, 1.54) is 5.56 Å². The molecule has 0 aromatic heterocycles. The first kappa shape index (κ1) is 21.4. The molecule has 0 radical (unpaired) electrons. The fourth-order valence-corrected chi connectivity index (χ4v) is 4.00. The van der Waals surface area contributed by atoms with Gasteiger partial charge in [0, 0.05) is 18.5 Å². The summed E-state index contributed by atoms with van der Waals surface area (Å²) in [6, 6.07) is 17.3. The van der Waals surface area contributed by atoms with Crippen LogP contribution in [0.4, 0.5) is 0 Å². The summed E-state index contributed by atoms with van der Waals surface area (Å²) in [7, 11) is -3.54. The standard InChI is InChI=1S/C23H29NO4S/c1-4-17(3)24(23(25)22-15-21(22)19-9-7-6-8-10-19)16-18-11-13-20(14-12-18)28-29(26,27)5-2/h6-14,17,21-22H,4-5,15-16H2,1-3H3/t17-,21+,22+/m1/s1. The molecule has 0 bridgehead atoms. The van der Waals surface area contributed by atoms with E-state index in [1.54, 1.807) is 19.1 Å². The van der Waals surface area contributed by atoms with Crippen molar-refractivity contribution in [3.63, 3.8) is 0 Å². The number of amides is 1. The second-order valence-electron chi connectivity index (χ2n) is 7.66. The van der Waals surface area contributed by atoms with Crippen LogP contribution in [0.3, 0.4) is 0 Å². The molecule has 3 rings (SSSR count). The highest BCUT2D eigenvalue weighted by Gasteiger charge is 2.46. The zero-order valence-corrected chi connectivity index (χ0v) is 18.1. The Labute approximate surface area is 173 Å². The van der Waals surface area contributed by atoms with Gasteiger partial charge in [-0.05, 0) is 55.9 Å². The van der Waals surface area contributed by atoms with E-state index < -0.39 is 10.1 Å². The number of hydrogen-bond acceptors (Lipinski definition) is 4. The minimum absolute atomic E-state index is 0.0451. The summed E-state index contributed by atoms with van der Waals surface area (Å²) in [5.74, 6) is 0.772. The first-order chi connectivity index (χ1) is 13.8. The minimum Gasteiger partial charge on any atom is -0.382 e. The van der Waals surface area contributed by atoms with Gasteiger partial charge in [0.2, 0.25) is 5.91 Å². The molecule has 1 aliphatic carbocycles. The minimum atomic E-state index is -3.54. The van der Waals surface area contributed by atoms with Crippen molar-refractivity contribution < 1.29 is 17.4 Å². The van der Waals surface area contributed by atoms with E-state index in [2.05, 4.69) is 26.0 Å². The number of hydrogen-bond donors (Lipinski definition) is 0. The third kappa shape index (κ3) is 5.38. The van der Waals surface area contributed by atoms with Crippen LogP contribution in [0.2, 0.25) is 0 Å². The van der Waals surface area contributed by atoms with Crippen molar-refractivity contribution in [1.29, 1.82) is 0 Å². The Morgan fingerprint density at radius 1 is 1.10 bits per heavy atom. The van der Waals surface area contributed by atoms with Crippen LogP contribution >= 0.6 is 0 Å². The first-order valence-corrected chi connectivity index (χ1v) is 11.8. The molecule has 3 atom stereocenters. The fraction of sp³-hybridized carbons (Fsp3) is 0.435. The molecule has 0 spiro atoms. The van der Waals surface area contributed by atoms with Crippen molar-refractivity contribution in [3.05, 3.63) is 65.7 Å². The molecular formula is C23H29NO4S. The quantitative estimate of drug-likeness (QED) is 0.571. The van der Waals surface area contributed by atoms with Gasteiger partial charge >= 0.3 is 10.1 Å². The molecule has 2 aromatic carbocycles. The van der Waals surface area contributed by atoms with Crippen molar-refractivity contribution >= 4 is 16.0 Å². The van der Waals surface area contributed by atoms with E-state index >= 15 is 0 Å². The second-order valence-corrected chi connectivity index (χ2v) is 9.52. The largest absolute Gasteiger partial charge is 0.382 e. The van der Waals surface area contributed by atoms with Gasteiger partial charge in [0.05, 0.1) is 5.75 Å². The summed E-state index contributed by atoms with van der Waals surface area (Å²) in [5, 5.41) is 0. The normalized spacial score (nSPS) is 19.4. The van der Waals surface area contributed by atoms with Crippen LogP contribution in [-0.2, 0) is 21.5 Å². The Morgan fingerprint density at radius 2 is 1.76 bits per heavy atom. The van der Waals surface area contributed by atoms with E-state index in [-0.39, 0.29) is 23.6 Å². The average Bonchev–Trinajstić information content (AvgIpc) is 3.53. The van der Waals surface area contributed by atoms with Gasteiger partial charge in [-0.3, -0.25) is 4.79 Å². The van der Waals surface area contributed by atoms with Crippen molar-refractivity contribution in [2.24, 2.45) is 5.92 Å². The van der Waals surface area contributed by atoms with Gasteiger partial charge in [0.25, 0.3) is 0 Å². The maximum atomic E-state index is 13.2. The van der Waals surface area contributed by atoms with Crippen molar-refractivity contribution in [2.75, 3.05) is 5.75 Å². The molecule has 1 saturated carbocycles. The summed E-state index contributed by atoms with van der Waals surface area (Å²) in [4.78, 5) is 15.2. The molecule has 5 nitrogen and oxygen atoms in total. The van der Waals surface area contributed by atoms with Crippen LogP contribution in [0.1, 0.15) is 50.7 Å². The summed E-state index contributed by atoms with van der Waals surface area (Å²) < 4.78 is 28.2. The second kappa shape index (κ2) is 8.99. The molecule has 2 aromatic rings. The predicted molar refractivity (Wildman–Crippen MR) is 114 cm³/mol. The van der Waals surface area contributed by atoms with Crippen molar-refractivity contribution in [3.8, 4) is 5.75 Å². The molecule has 0 aliphatic heterocycles. The molecule has 1 amide bonds. The molecule has 0 unspecified atom stereocenters.